The minimum atomic E-state index is -1.09. The second kappa shape index (κ2) is 8.91. The van der Waals surface area contributed by atoms with Gasteiger partial charge < -0.3 is 20.1 Å². The maximum atomic E-state index is 13.0. The average Bonchev–Trinajstić information content (AvgIpc) is 3.06. The van der Waals surface area contributed by atoms with Gasteiger partial charge in [-0.15, -0.1) is 0 Å². The van der Waals surface area contributed by atoms with Gasteiger partial charge in [-0.05, 0) is 38.0 Å². The van der Waals surface area contributed by atoms with Crippen LogP contribution in [0.25, 0.3) is 0 Å². The van der Waals surface area contributed by atoms with E-state index in [1.807, 2.05) is 31.2 Å². The molecule has 0 bridgehead atoms. The number of hydrogen-bond donors (Lipinski definition) is 2. The van der Waals surface area contributed by atoms with E-state index in [0.717, 1.165) is 17.3 Å². The number of aliphatic hydroxyl groups is 1. The summed E-state index contributed by atoms with van der Waals surface area (Å²) in [5, 5.41) is 22.9. The Labute approximate surface area is 173 Å². The summed E-state index contributed by atoms with van der Waals surface area (Å²) in [5.41, 5.74) is 1.76. The first-order chi connectivity index (χ1) is 14.3. The average molecular weight is 413 g/mol. The molecule has 30 heavy (non-hydrogen) atoms. The van der Waals surface area contributed by atoms with Crippen LogP contribution in [-0.2, 0) is 16.0 Å². The van der Waals surface area contributed by atoms with Gasteiger partial charge in [0.25, 0.3) is 11.6 Å². The van der Waals surface area contributed by atoms with Crippen molar-refractivity contribution in [2.75, 3.05) is 23.4 Å². The molecule has 1 aliphatic rings. The standard InChI is InChI=1S/C21H23N3O6/c1-13-11-15-5-3-4-6-19(15)23(13)20(26)14(2)30-21(27)17-12-16(24(28)29)7-8-18(17)22-9-10-25/h3-8,12-14,22,25H,9-11H2,1-2H3/t13-,14+/m0/s1. The van der Waals surface area contributed by atoms with Gasteiger partial charge in [0.15, 0.2) is 6.10 Å². The van der Waals surface area contributed by atoms with Gasteiger partial charge >= 0.3 is 5.97 Å². The number of nitro groups is 1. The number of carbonyl (C=O) groups excluding carboxylic acids is 2. The molecule has 0 fully saturated rings. The van der Waals surface area contributed by atoms with E-state index in [0.29, 0.717) is 6.42 Å². The number of nitro benzene ring substituents is 1. The van der Waals surface area contributed by atoms with Gasteiger partial charge in [0, 0.05) is 36.1 Å². The highest BCUT2D eigenvalue weighted by Crippen LogP contribution is 2.32. The minimum Gasteiger partial charge on any atom is -0.449 e. The van der Waals surface area contributed by atoms with Gasteiger partial charge in [-0.1, -0.05) is 18.2 Å². The van der Waals surface area contributed by atoms with E-state index in [-0.39, 0.29) is 42.0 Å². The summed E-state index contributed by atoms with van der Waals surface area (Å²) < 4.78 is 5.37. The molecule has 1 heterocycles. The number of non-ortho nitro benzene ring substituents is 1. The van der Waals surface area contributed by atoms with Crippen LogP contribution < -0.4 is 10.2 Å². The molecule has 2 aromatic carbocycles. The van der Waals surface area contributed by atoms with Crippen LogP contribution in [0.5, 0.6) is 0 Å². The van der Waals surface area contributed by atoms with Crippen LogP contribution in [0, 0.1) is 10.1 Å². The van der Waals surface area contributed by atoms with E-state index in [1.54, 1.807) is 4.90 Å². The second-order valence-corrected chi connectivity index (χ2v) is 7.08. The molecule has 0 aromatic heterocycles. The van der Waals surface area contributed by atoms with E-state index in [4.69, 9.17) is 9.84 Å². The number of rotatable bonds is 7. The molecule has 0 saturated heterocycles. The highest BCUT2D eigenvalue weighted by Gasteiger charge is 2.35. The van der Waals surface area contributed by atoms with Crippen LogP contribution in [0.3, 0.4) is 0 Å². The lowest BCUT2D eigenvalue weighted by Crippen LogP contribution is -2.43. The van der Waals surface area contributed by atoms with Gasteiger partial charge in [0.2, 0.25) is 0 Å². The zero-order valence-electron chi connectivity index (χ0n) is 16.7. The number of nitrogens with zero attached hydrogens (tertiary/aromatic N) is 2. The molecule has 2 aromatic rings. The van der Waals surface area contributed by atoms with Crippen molar-refractivity contribution in [3.05, 3.63) is 63.7 Å². The third-order valence-corrected chi connectivity index (χ3v) is 4.94. The van der Waals surface area contributed by atoms with Crippen molar-refractivity contribution < 1.29 is 24.4 Å². The Balaban J connectivity index is 1.80. The maximum Gasteiger partial charge on any atom is 0.341 e. The SMILES string of the molecule is C[C@@H](OC(=O)c1cc([N+](=O)[O-])ccc1NCCO)C(=O)N1c2ccccc2C[C@@H]1C. The molecule has 0 radical (unpaired) electrons. The van der Waals surface area contributed by atoms with Crippen molar-refractivity contribution in [3.8, 4) is 0 Å². The van der Waals surface area contributed by atoms with Gasteiger partial charge in [-0.2, -0.15) is 0 Å². The first kappa shape index (κ1) is 21.3. The van der Waals surface area contributed by atoms with Crippen LogP contribution in [-0.4, -0.2) is 47.2 Å². The van der Waals surface area contributed by atoms with Crippen LogP contribution in [0.4, 0.5) is 17.1 Å². The number of aliphatic hydroxyl groups excluding tert-OH is 1. The molecule has 1 aliphatic heterocycles. The Morgan fingerprint density at radius 2 is 2.07 bits per heavy atom. The van der Waals surface area contributed by atoms with E-state index in [9.17, 15) is 19.7 Å². The number of para-hydroxylation sites is 1. The minimum absolute atomic E-state index is 0.0735. The van der Waals surface area contributed by atoms with Crippen molar-refractivity contribution in [1.82, 2.24) is 0 Å². The zero-order valence-corrected chi connectivity index (χ0v) is 16.7. The Morgan fingerprint density at radius 1 is 1.33 bits per heavy atom. The molecule has 9 nitrogen and oxygen atoms in total. The molecule has 1 amide bonds. The third-order valence-electron chi connectivity index (χ3n) is 4.94. The number of fused-ring (bicyclic) bond motifs is 1. The Morgan fingerprint density at radius 3 is 2.77 bits per heavy atom. The van der Waals surface area contributed by atoms with Gasteiger partial charge in [0.05, 0.1) is 17.1 Å². The number of ether oxygens (including phenoxy) is 1. The van der Waals surface area contributed by atoms with Crippen molar-refractivity contribution in [2.45, 2.75) is 32.4 Å². The number of esters is 1. The summed E-state index contributed by atoms with van der Waals surface area (Å²) in [6.45, 7) is 3.36. The monoisotopic (exact) mass is 413 g/mol. The van der Waals surface area contributed by atoms with E-state index in [2.05, 4.69) is 5.32 Å². The number of hydrogen-bond acceptors (Lipinski definition) is 7. The van der Waals surface area contributed by atoms with Crippen molar-refractivity contribution in [2.24, 2.45) is 0 Å². The Hall–Kier alpha value is -3.46. The third kappa shape index (κ3) is 4.25. The smallest absolute Gasteiger partial charge is 0.341 e. The molecule has 2 atom stereocenters. The molecule has 9 heteroatoms. The van der Waals surface area contributed by atoms with Crippen molar-refractivity contribution in [1.29, 1.82) is 0 Å². The Kier molecular flexibility index (Phi) is 6.31. The molecule has 3 rings (SSSR count). The van der Waals surface area contributed by atoms with E-state index < -0.39 is 17.0 Å². The van der Waals surface area contributed by atoms with Gasteiger partial charge in [-0.3, -0.25) is 14.9 Å². The number of carbonyl (C=O) groups is 2. The van der Waals surface area contributed by atoms with Crippen molar-refractivity contribution >= 4 is 28.9 Å². The normalized spacial score (nSPS) is 16.0. The fourth-order valence-electron chi connectivity index (χ4n) is 3.53. The molecular formula is C21H23N3O6. The summed E-state index contributed by atoms with van der Waals surface area (Å²) in [7, 11) is 0. The summed E-state index contributed by atoms with van der Waals surface area (Å²) in [6, 6.07) is 11.2. The number of benzene rings is 2. The molecule has 158 valence electrons. The first-order valence-electron chi connectivity index (χ1n) is 9.58. The van der Waals surface area contributed by atoms with Gasteiger partial charge in [0.1, 0.15) is 0 Å². The topological polar surface area (TPSA) is 122 Å². The Bertz CT molecular complexity index is 977. The summed E-state index contributed by atoms with van der Waals surface area (Å²) in [6.07, 6.45) is -0.376. The first-order valence-corrected chi connectivity index (χ1v) is 9.58. The van der Waals surface area contributed by atoms with Crippen LogP contribution in [0.1, 0.15) is 29.8 Å². The second-order valence-electron chi connectivity index (χ2n) is 7.08. The zero-order chi connectivity index (χ0) is 21.8. The number of nitrogens with one attached hydrogen (secondary N) is 1. The summed E-state index contributed by atoms with van der Waals surface area (Å²) in [5.74, 6) is -1.23. The highest BCUT2D eigenvalue weighted by molar-refractivity contribution is 6.02. The maximum absolute atomic E-state index is 13.0. The summed E-state index contributed by atoms with van der Waals surface area (Å²) in [4.78, 5) is 37.8. The molecule has 0 saturated carbocycles. The predicted octanol–water partition coefficient (Wildman–Crippen LogP) is 2.52. The van der Waals surface area contributed by atoms with Gasteiger partial charge in [-0.25, -0.2) is 4.79 Å². The lowest BCUT2D eigenvalue weighted by atomic mass is 10.1. The molecular weight excluding hydrogens is 390 g/mol. The predicted molar refractivity (Wildman–Crippen MR) is 111 cm³/mol. The number of anilines is 2. The lowest BCUT2D eigenvalue weighted by molar-refractivity contribution is -0.384. The van der Waals surface area contributed by atoms with E-state index in [1.165, 1.54) is 19.1 Å². The lowest BCUT2D eigenvalue weighted by Gasteiger charge is -2.26. The molecule has 2 N–H and O–H groups in total. The van der Waals surface area contributed by atoms with Crippen LogP contribution in [0.15, 0.2) is 42.5 Å². The van der Waals surface area contributed by atoms with E-state index >= 15 is 0 Å². The molecule has 0 unspecified atom stereocenters. The largest absolute Gasteiger partial charge is 0.449 e. The molecule has 0 spiro atoms. The highest BCUT2D eigenvalue weighted by atomic mass is 16.6. The van der Waals surface area contributed by atoms with Crippen molar-refractivity contribution in [3.63, 3.8) is 0 Å². The number of amides is 1. The fraction of sp³-hybridized carbons (Fsp3) is 0.333. The fourth-order valence-corrected chi connectivity index (χ4v) is 3.53. The van der Waals surface area contributed by atoms with Crippen LogP contribution >= 0.6 is 0 Å². The molecule has 0 aliphatic carbocycles. The quantitative estimate of drug-likeness (QED) is 0.406. The van der Waals surface area contributed by atoms with Crippen LogP contribution in [0.2, 0.25) is 0 Å². The summed E-state index contributed by atoms with van der Waals surface area (Å²) >= 11 is 0.